The van der Waals surface area contributed by atoms with Gasteiger partial charge in [0.25, 0.3) is 0 Å². The van der Waals surface area contributed by atoms with Crippen LogP contribution in [-0.2, 0) is 11.2 Å². The number of carboxylic acid groups (broad SMARTS) is 1. The highest BCUT2D eigenvalue weighted by atomic mass is 16.5. The highest BCUT2D eigenvalue weighted by Gasteiger charge is 2.23. The molecule has 1 N–H and O–H groups in total. The molecule has 0 saturated heterocycles. The topological polar surface area (TPSA) is 82.1 Å². The second-order valence-corrected chi connectivity index (χ2v) is 5.88. The molecular weight excluding hydrogens is 336 g/mol. The average molecular weight is 356 g/mol. The number of aliphatic carboxylic acids is 1. The van der Waals surface area contributed by atoms with Gasteiger partial charge in [-0.15, -0.1) is 0 Å². The van der Waals surface area contributed by atoms with Crippen LogP contribution in [0, 0.1) is 0 Å². The van der Waals surface area contributed by atoms with E-state index in [4.69, 9.17) is 19.3 Å². The summed E-state index contributed by atoms with van der Waals surface area (Å²) in [6, 6.07) is 9.16. The highest BCUT2D eigenvalue weighted by molar-refractivity contribution is 6.01. The molecule has 2 aromatic rings. The number of benzene rings is 2. The third-order valence-electron chi connectivity index (χ3n) is 4.26. The van der Waals surface area contributed by atoms with Crippen molar-refractivity contribution in [2.45, 2.75) is 19.8 Å². The second-order valence-electron chi connectivity index (χ2n) is 5.88. The zero-order valence-electron chi connectivity index (χ0n) is 14.7. The summed E-state index contributed by atoms with van der Waals surface area (Å²) in [6.45, 7) is 1.71. The fourth-order valence-electron chi connectivity index (χ4n) is 3.11. The summed E-state index contributed by atoms with van der Waals surface area (Å²) in [6.07, 6.45) is 1.23. The molecule has 1 aliphatic carbocycles. The van der Waals surface area contributed by atoms with Crippen LogP contribution in [0.25, 0.3) is 11.1 Å². The molecular formula is C20H20O6. The number of aryl methyl sites for hydroxylation is 1. The smallest absolute Gasteiger partial charge is 0.341 e. The van der Waals surface area contributed by atoms with E-state index in [0.717, 1.165) is 16.7 Å². The lowest BCUT2D eigenvalue weighted by Gasteiger charge is -2.18. The minimum atomic E-state index is -1.08. The van der Waals surface area contributed by atoms with Crippen LogP contribution in [0.2, 0.25) is 0 Å². The molecule has 2 aromatic carbocycles. The summed E-state index contributed by atoms with van der Waals surface area (Å²) in [5, 5.41) is 9.00. The van der Waals surface area contributed by atoms with Gasteiger partial charge in [-0.25, -0.2) is 4.79 Å². The lowest BCUT2D eigenvalue weighted by Crippen LogP contribution is -2.11. The van der Waals surface area contributed by atoms with Crippen molar-refractivity contribution in [1.29, 1.82) is 0 Å². The summed E-state index contributed by atoms with van der Waals surface area (Å²) in [5.74, 6) is 0.218. The number of hydrogen-bond acceptors (Lipinski definition) is 5. The third kappa shape index (κ3) is 3.35. The fraction of sp³-hybridized carbons (Fsp3) is 0.300. The Balaban J connectivity index is 2.12. The van der Waals surface area contributed by atoms with Crippen molar-refractivity contribution < 1.29 is 28.9 Å². The van der Waals surface area contributed by atoms with Crippen molar-refractivity contribution in [2.24, 2.45) is 0 Å². The van der Waals surface area contributed by atoms with E-state index in [9.17, 15) is 9.59 Å². The first-order valence-electron chi connectivity index (χ1n) is 8.40. The molecule has 0 saturated carbocycles. The second kappa shape index (κ2) is 7.47. The molecule has 6 nitrogen and oxygen atoms in total. The maximum Gasteiger partial charge on any atom is 0.341 e. The van der Waals surface area contributed by atoms with Crippen LogP contribution in [0.1, 0.15) is 29.3 Å². The van der Waals surface area contributed by atoms with Crippen molar-refractivity contribution in [1.82, 2.24) is 0 Å². The Morgan fingerprint density at radius 3 is 2.54 bits per heavy atom. The normalized spacial score (nSPS) is 12.6. The zero-order valence-corrected chi connectivity index (χ0v) is 14.7. The van der Waals surface area contributed by atoms with E-state index < -0.39 is 12.6 Å². The van der Waals surface area contributed by atoms with Gasteiger partial charge in [-0.05, 0) is 36.6 Å². The van der Waals surface area contributed by atoms with Gasteiger partial charge >= 0.3 is 5.97 Å². The van der Waals surface area contributed by atoms with Gasteiger partial charge in [0.1, 0.15) is 0 Å². The molecule has 0 aliphatic heterocycles. The first-order chi connectivity index (χ1) is 12.5. The average Bonchev–Trinajstić information content (AvgIpc) is 3.00. The molecule has 0 spiro atoms. The number of ether oxygens (including phenoxy) is 3. The number of methoxy groups -OCH3 is 1. The van der Waals surface area contributed by atoms with Gasteiger partial charge in [0, 0.05) is 17.5 Å². The van der Waals surface area contributed by atoms with Gasteiger partial charge in [0.2, 0.25) is 5.75 Å². The molecule has 0 heterocycles. The summed E-state index contributed by atoms with van der Waals surface area (Å²) in [4.78, 5) is 22.9. The number of carbonyl (C=O) groups is 2. The zero-order chi connectivity index (χ0) is 18.7. The first kappa shape index (κ1) is 17.8. The summed E-state index contributed by atoms with van der Waals surface area (Å²) >= 11 is 0. The molecule has 0 bridgehead atoms. The quantitative estimate of drug-likeness (QED) is 0.819. The van der Waals surface area contributed by atoms with Crippen LogP contribution in [0.5, 0.6) is 17.2 Å². The predicted molar refractivity (Wildman–Crippen MR) is 95.4 cm³/mol. The number of carbonyl (C=O) groups excluding carboxylic acids is 1. The molecule has 0 atom stereocenters. The largest absolute Gasteiger partial charge is 0.493 e. The van der Waals surface area contributed by atoms with Crippen LogP contribution >= 0.6 is 0 Å². The first-order valence-corrected chi connectivity index (χ1v) is 8.40. The Kier molecular flexibility index (Phi) is 5.11. The Hall–Kier alpha value is -3.02. The molecule has 6 heteroatoms. The van der Waals surface area contributed by atoms with E-state index in [1.54, 1.807) is 12.1 Å². The molecule has 0 fully saturated rings. The lowest BCUT2D eigenvalue weighted by molar-refractivity contribution is -0.139. The van der Waals surface area contributed by atoms with E-state index in [1.807, 2.05) is 25.1 Å². The van der Waals surface area contributed by atoms with Crippen molar-refractivity contribution in [2.75, 3.05) is 20.3 Å². The van der Waals surface area contributed by atoms with E-state index in [2.05, 4.69) is 0 Å². The van der Waals surface area contributed by atoms with Gasteiger partial charge in [-0.3, -0.25) is 4.79 Å². The lowest BCUT2D eigenvalue weighted by atomic mass is 9.99. The molecule has 26 heavy (non-hydrogen) atoms. The molecule has 1 aliphatic rings. The van der Waals surface area contributed by atoms with Crippen LogP contribution in [0.4, 0.5) is 0 Å². The fourth-order valence-corrected chi connectivity index (χ4v) is 3.11. The Morgan fingerprint density at radius 1 is 1.08 bits per heavy atom. The Bertz CT molecular complexity index is 856. The predicted octanol–water partition coefficient (Wildman–Crippen LogP) is 3.35. The number of fused-ring (bicyclic) bond motifs is 1. The standard InChI is InChI=1S/C20H20O6/c1-3-25-20-17(24-2)9-7-15(19(20)26-11-18(22)23)13-4-6-14-12(10-13)5-8-16(14)21/h4,6-7,9-10H,3,5,8,11H2,1-2H3,(H,22,23). The van der Waals surface area contributed by atoms with Crippen molar-refractivity contribution in [3.05, 3.63) is 41.5 Å². The number of rotatable bonds is 7. The van der Waals surface area contributed by atoms with E-state index >= 15 is 0 Å². The van der Waals surface area contributed by atoms with Gasteiger partial charge in [-0.1, -0.05) is 18.2 Å². The Labute approximate surface area is 151 Å². The maximum atomic E-state index is 11.9. The van der Waals surface area contributed by atoms with E-state index in [-0.39, 0.29) is 5.78 Å². The van der Waals surface area contributed by atoms with Crippen LogP contribution < -0.4 is 14.2 Å². The summed E-state index contributed by atoms with van der Waals surface area (Å²) < 4.78 is 16.5. The van der Waals surface area contributed by atoms with Gasteiger partial charge < -0.3 is 19.3 Å². The Morgan fingerprint density at radius 2 is 1.85 bits per heavy atom. The minimum absolute atomic E-state index is 0.152. The van der Waals surface area contributed by atoms with Crippen molar-refractivity contribution in [3.8, 4) is 28.4 Å². The van der Waals surface area contributed by atoms with E-state index in [0.29, 0.717) is 42.3 Å². The molecule has 0 aromatic heterocycles. The van der Waals surface area contributed by atoms with Crippen molar-refractivity contribution >= 4 is 11.8 Å². The molecule has 0 radical (unpaired) electrons. The van der Waals surface area contributed by atoms with Gasteiger partial charge in [0.05, 0.1) is 13.7 Å². The summed E-state index contributed by atoms with van der Waals surface area (Å²) in [7, 11) is 1.51. The molecule has 0 amide bonds. The van der Waals surface area contributed by atoms with Gasteiger partial charge in [-0.2, -0.15) is 0 Å². The van der Waals surface area contributed by atoms with E-state index in [1.165, 1.54) is 7.11 Å². The summed E-state index contributed by atoms with van der Waals surface area (Å²) in [5.41, 5.74) is 3.27. The van der Waals surface area contributed by atoms with Crippen LogP contribution in [0.3, 0.4) is 0 Å². The number of ketones is 1. The number of hydrogen-bond donors (Lipinski definition) is 1. The number of carboxylic acids is 1. The highest BCUT2D eigenvalue weighted by Crippen LogP contribution is 2.45. The molecule has 3 rings (SSSR count). The monoisotopic (exact) mass is 356 g/mol. The van der Waals surface area contributed by atoms with Crippen LogP contribution in [0.15, 0.2) is 30.3 Å². The SMILES string of the molecule is CCOc1c(OC)ccc(-c2ccc3c(c2)CCC3=O)c1OCC(=O)O. The molecule has 136 valence electrons. The minimum Gasteiger partial charge on any atom is -0.493 e. The van der Waals surface area contributed by atoms with Crippen LogP contribution in [-0.4, -0.2) is 37.2 Å². The van der Waals surface area contributed by atoms with Gasteiger partial charge in [0.15, 0.2) is 23.9 Å². The molecule has 0 unspecified atom stereocenters. The third-order valence-corrected chi connectivity index (χ3v) is 4.26. The maximum absolute atomic E-state index is 11.9. The number of Topliss-reactive ketones (excluding diaryl/α,β-unsaturated/α-hetero) is 1. The van der Waals surface area contributed by atoms with Crippen molar-refractivity contribution in [3.63, 3.8) is 0 Å².